The Labute approximate surface area is 206 Å². The number of hydrogen-bond donors (Lipinski definition) is 1. The molecule has 1 fully saturated rings. The number of carbonyl (C=O) groups excluding carboxylic acids is 1. The number of nitrogens with two attached hydrogens (primary N) is 1. The van der Waals surface area contributed by atoms with Gasteiger partial charge >= 0.3 is 0 Å². The van der Waals surface area contributed by atoms with Crippen LogP contribution in [0.5, 0.6) is 11.5 Å². The summed E-state index contributed by atoms with van der Waals surface area (Å²) in [5.41, 5.74) is 8.14. The molecule has 3 heterocycles. The van der Waals surface area contributed by atoms with Crippen molar-refractivity contribution in [1.29, 1.82) is 0 Å². The predicted octanol–water partition coefficient (Wildman–Crippen LogP) is 4.88. The van der Waals surface area contributed by atoms with Crippen molar-refractivity contribution in [1.82, 2.24) is 24.6 Å². The summed E-state index contributed by atoms with van der Waals surface area (Å²) in [6, 6.07) is 10.00. The standard InChI is InChI=1S/C26H24F2N6O2/c1-3-22(35)33-13-18(8-4-15(33)2)34-26-23(25(29)30-14-31-26)24(32-34)16-5-9-19(10-6-16)36-21-11-7-17(27)12-20(21)28/h3,5-7,9-12,14-15,18H,1,4,8,13H2,2H3,(H2,29,30,31)/t15-,18?/m0/s1. The van der Waals surface area contributed by atoms with Gasteiger partial charge in [0.15, 0.2) is 17.2 Å². The first-order valence-corrected chi connectivity index (χ1v) is 11.5. The van der Waals surface area contributed by atoms with E-state index in [9.17, 15) is 13.6 Å². The minimum atomic E-state index is -0.792. The number of fused-ring (bicyclic) bond motifs is 1. The fourth-order valence-electron chi connectivity index (χ4n) is 4.53. The van der Waals surface area contributed by atoms with Crippen LogP contribution in [0.1, 0.15) is 25.8 Å². The minimum Gasteiger partial charge on any atom is -0.454 e. The first kappa shape index (κ1) is 23.4. The summed E-state index contributed by atoms with van der Waals surface area (Å²) in [5.74, 6) is -1.01. The molecular weight excluding hydrogens is 466 g/mol. The number of piperidine rings is 1. The van der Waals surface area contributed by atoms with E-state index in [4.69, 9.17) is 15.6 Å². The second-order valence-electron chi connectivity index (χ2n) is 8.73. The van der Waals surface area contributed by atoms with Gasteiger partial charge < -0.3 is 15.4 Å². The van der Waals surface area contributed by atoms with Crippen molar-refractivity contribution in [2.45, 2.75) is 31.8 Å². The van der Waals surface area contributed by atoms with Crippen LogP contribution in [0.2, 0.25) is 0 Å². The highest BCUT2D eigenvalue weighted by molar-refractivity contribution is 5.98. The van der Waals surface area contributed by atoms with Gasteiger partial charge in [0.2, 0.25) is 5.91 Å². The number of nitrogen functional groups attached to an aromatic ring is 1. The molecule has 1 unspecified atom stereocenters. The Bertz CT molecular complexity index is 1450. The molecule has 36 heavy (non-hydrogen) atoms. The van der Waals surface area contributed by atoms with Crippen LogP contribution in [0.4, 0.5) is 14.6 Å². The van der Waals surface area contributed by atoms with E-state index in [1.54, 1.807) is 29.2 Å². The lowest BCUT2D eigenvalue weighted by atomic mass is 9.99. The van der Waals surface area contributed by atoms with Gasteiger partial charge in [0.1, 0.15) is 29.4 Å². The smallest absolute Gasteiger partial charge is 0.246 e. The minimum absolute atomic E-state index is 0.0818. The molecular formula is C26H24F2N6O2. The average molecular weight is 491 g/mol. The van der Waals surface area contributed by atoms with Gasteiger partial charge in [-0.3, -0.25) is 4.79 Å². The van der Waals surface area contributed by atoms with Crippen LogP contribution in [0.15, 0.2) is 61.4 Å². The fraction of sp³-hybridized carbons (Fsp3) is 0.231. The molecule has 1 saturated heterocycles. The Hall–Kier alpha value is -4.34. The summed E-state index contributed by atoms with van der Waals surface area (Å²) in [6.07, 6.45) is 4.35. The van der Waals surface area contributed by atoms with E-state index < -0.39 is 11.6 Å². The van der Waals surface area contributed by atoms with Crippen LogP contribution in [-0.2, 0) is 4.79 Å². The van der Waals surface area contributed by atoms with E-state index >= 15 is 0 Å². The molecule has 2 aromatic carbocycles. The number of carbonyl (C=O) groups is 1. The highest BCUT2D eigenvalue weighted by Gasteiger charge is 2.31. The quantitative estimate of drug-likeness (QED) is 0.400. The molecule has 1 aliphatic rings. The van der Waals surface area contributed by atoms with Crippen molar-refractivity contribution in [3.05, 3.63) is 73.1 Å². The molecule has 5 rings (SSSR count). The maximum atomic E-state index is 14.0. The van der Waals surface area contributed by atoms with Crippen molar-refractivity contribution >= 4 is 22.8 Å². The second-order valence-corrected chi connectivity index (χ2v) is 8.73. The van der Waals surface area contributed by atoms with Gasteiger partial charge in [-0.2, -0.15) is 5.10 Å². The number of nitrogens with zero attached hydrogens (tertiary/aromatic N) is 5. The number of halogens is 2. The number of aromatic nitrogens is 4. The predicted molar refractivity (Wildman–Crippen MR) is 131 cm³/mol. The van der Waals surface area contributed by atoms with E-state index in [1.165, 1.54) is 18.5 Å². The van der Waals surface area contributed by atoms with E-state index in [0.717, 1.165) is 30.5 Å². The molecule has 184 valence electrons. The van der Waals surface area contributed by atoms with Gasteiger partial charge in [0, 0.05) is 24.2 Å². The summed E-state index contributed by atoms with van der Waals surface area (Å²) < 4.78 is 34.5. The Morgan fingerprint density at radius 1 is 1.17 bits per heavy atom. The first-order chi connectivity index (χ1) is 17.4. The molecule has 0 bridgehead atoms. The van der Waals surface area contributed by atoms with Gasteiger partial charge in [-0.1, -0.05) is 6.58 Å². The third-order valence-electron chi connectivity index (χ3n) is 6.43. The molecule has 2 atom stereocenters. The monoisotopic (exact) mass is 490 g/mol. The third-order valence-corrected chi connectivity index (χ3v) is 6.43. The van der Waals surface area contributed by atoms with Crippen LogP contribution in [-0.4, -0.2) is 43.1 Å². The first-order valence-electron chi connectivity index (χ1n) is 11.5. The van der Waals surface area contributed by atoms with Gasteiger partial charge in [-0.05, 0) is 62.2 Å². The van der Waals surface area contributed by atoms with Crippen molar-refractivity contribution in [2.75, 3.05) is 12.3 Å². The summed E-state index contributed by atoms with van der Waals surface area (Å²) in [4.78, 5) is 22.8. The zero-order valence-corrected chi connectivity index (χ0v) is 19.6. The van der Waals surface area contributed by atoms with Crippen LogP contribution in [0.3, 0.4) is 0 Å². The Kier molecular flexibility index (Phi) is 6.09. The SMILES string of the molecule is C=CC(=O)N1CC(n2nc(-c3ccc(Oc4ccc(F)cc4F)cc3)c3c(N)ncnc32)CC[C@@H]1C. The van der Waals surface area contributed by atoms with Crippen LogP contribution >= 0.6 is 0 Å². The Balaban J connectivity index is 1.49. The van der Waals surface area contributed by atoms with Gasteiger partial charge in [-0.15, -0.1) is 0 Å². The molecule has 1 aliphatic heterocycles. The zero-order valence-electron chi connectivity index (χ0n) is 19.6. The Morgan fingerprint density at radius 2 is 1.94 bits per heavy atom. The van der Waals surface area contributed by atoms with Crippen molar-refractivity contribution in [2.24, 2.45) is 0 Å². The largest absolute Gasteiger partial charge is 0.454 e. The third kappa shape index (κ3) is 4.26. The van der Waals surface area contributed by atoms with Gasteiger partial charge in [0.05, 0.1) is 11.4 Å². The molecule has 4 aromatic rings. The summed E-state index contributed by atoms with van der Waals surface area (Å²) in [5, 5.41) is 5.46. The van der Waals surface area contributed by atoms with E-state index in [-0.39, 0.29) is 29.6 Å². The maximum Gasteiger partial charge on any atom is 0.246 e. The molecule has 0 radical (unpaired) electrons. The maximum absolute atomic E-state index is 14.0. The summed E-state index contributed by atoms with van der Waals surface area (Å²) >= 11 is 0. The molecule has 1 amide bonds. The van der Waals surface area contributed by atoms with Crippen molar-refractivity contribution < 1.29 is 18.3 Å². The highest BCUT2D eigenvalue weighted by atomic mass is 19.1. The average Bonchev–Trinajstić information content (AvgIpc) is 3.27. The molecule has 10 heteroatoms. The van der Waals surface area contributed by atoms with Crippen LogP contribution in [0, 0.1) is 11.6 Å². The number of hydrogen-bond acceptors (Lipinski definition) is 6. The van der Waals surface area contributed by atoms with E-state index in [2.05, 4.69) is 16.5 Å². The normalized spacial score (nSPS) is 17.8. The van der Waals surface area contributed by atoms with E-state index in [1.807, 2.05) is 11.6 Å². The second kappa shape index (κ2) is 9.37. The number of anilines is 1. The molecule has 2 aromatic heterocycles. The lowest BCUT2D eigenvalue weighted by Gasteiger charge is -2.37. The summed E-state index contributed by atoms with van der Waals surface area (Å²) in [6.45, 7) is 6.11. The molecule has 8 nitrogen and oxygen atoms in total. The lowest BCUT2D eigenvalue weighted by Crippen LogP contribution is -2.45. The lowest BCUT2D eigenvalue weighted by molar-refractivity contribution is -0.130. The van der Waals surface area contributed by atoms with Gasteiger partial charge in [0.25, 0.3) is 0 Å². The molecule has 0 spiro atoms. The van der Waals surface area contributed by atoms with E-state index in [0.29, 0.717) is 29.0 Å². The number of ether oxygens (including phenoxy) is 1. The number of likely N-dealkylation sites (tertiary alicyclic amines) is 1. The Morgan fingerprint density at radius 3 is 2.67 bits per heavy atom. The molecule has 0 aliphatic carbocycles. The number of benzene rings is 2. The topological polar surface area (TPSA) is 99.2 Å². The zero-order chi connectivity index (χ0) is 25.4. The summed E-state index contributed by atoms with van der Waals surface area (Å²) in [7, 11) is 0. The number of rotatable bonds is 5. The molecule has 2 N–H and O–H groups in total. The highest BCUT2D eigenvalue weighted by Crippen LogP contribution is 2.36. The van der Waals surface area contributed by atoms with Crippen LogP contribution in [0.25, 0.3) is 22.3 Å². The van der Waals surface area contributed by atoms with Crippen LogP contribution < -0.4 is 10.5 Å². The molecule has 0 saturated carbocycles. The van der Waals surface area contributed by atoms with Crippen molar-refractivity contribution in [3.63, 3.8) is 0 Å². The fourth-order valence-corrected chi connectivity index (χ4v) is 4.53. The number of amides is 1. The van der Waals surface area contributed by atoms with Crippen molar-refractivity contribution in [3.8, 4) is 22.8 Å². The van der Waals surface area contributed by atoms with Gasteiger partial charge in [-0.25, -0.2) is 23.4 Å².